The maximum Gasteiger partial charge on any atom is 0.268 e. The predicted molar refractivity (Wildman–Crippen MR) is 349 cm³/mol. The van der Waals surface area contributed by atoms with Gasteiger partial charge >= 0.3 is 0 Å². The summed E-state index contributed by atoms with van der Waals surface area (Å²) in [5.74, 6) is 0.783. The minimum atomic E-state index is -4.54. The SMILES string of the molecule is [2H]c1c([2H])c2c(c([2H])c1-c1cccc(-c3cc(C(C)(C)C)cc(C(C)(C)C)c3)c1-[n+]1[c-]n(-c3[c-]c(Oc4[c-]c5c(cc4)c4ccccc4n5-c4cc(C([2H])([2H])[2H])c(-c5ccc6c(c5)C(C)(C)CCC6(C)C)cn4)ccc3)c3ccccc31)C(C([2H])([2H])[2H])(C([2H])([2H])[2H])C([2H])([2H])C([2H])([2H])C2(C([2H])([2H])[2H])C([2H])([2H])[2H].[Pt]. The van der Waals surface area contributed by atoms with Crippen molar-refractivity contribution in [3.05, 3.63) is 221 Å². The molecule has 3 heterocycles. The van der Waals surface area contributed by atoms with Crippen LogP contribution in [0.4, 0.5) is 0 Å². The van der Waals surface area contributed by atoms with Gasteiger partial charge in [0.1, 0.15) is 5.82 Å². The fourth-order valence-electron chi connectivity index (χ4n) is 12.2. The van der Waals surface area contributed by atoms with Crippen molar-refractivity contribution in [2.45, 2.75) is 162 Å². The molecule has 0 atom stereocenters. The van der Waals surface area contributed by atoms with Crippen LogP contribution in [-0.4, -0.2) is 14.1 Å². The predicted octanol–water partition coefficient (Wildman–Crippen LogP) is 20.2. The maximum absolute atomic E-state index is 10.4. The number of nitrogens with zero attached hydrogens (tertiary/aromatic N) is 4. The molecule has 5 nitrogen and oxygen atoms in total. The van der Waals surface area contributed by atoms with Crippen LogP contribution >= 0.6 is 0 Å². The molecule has 6 heteroatoms. The smallest absolute Gasteiger partial charge is 0.268 e. The molecule has 0 spiro atoms. The normalized spacial score (nSPS) is 21.8. The number of rotatable bonds is 8. The molecular formula is C79H80N4OPt-2. The minimum absolute atomic E-state index is 0. The summed E-state index contributed by atoms with van der Waals surface area (Å²) in [6, 6.07) is 45.1. The summed E-state index contributed by atoms with van der Waals surface area (Å²) in [6.45, 7) is 1.57. The topological polar surface area (TPSA) is 35.9 Å². The van der Waals surface area contributed by atoms with Crippen LogP contribution in [0.1, 0.15) is 191 Å². The van der Waals surface area contributed by atoms with Crippen LogP contribution in [0, 0.1) is 25.3 Å². The van der Waals surface area contributed by atoms with Gasteiger partial charge in [-0.3, -0.25) is 4.57 Å². The van der Waals surface area contributed by atoms with E-state index in [1.54, 1.807) is 82.1 Å². The largest absolute Gasteiger partial charge is 0.510 e. The Morgan fingerprint density at radius 2 is 1.25 bits per heavy atom. The van der Waals surface area contributed by atoms with Gasteiger partial charge in [-0.2, -0.15) is 18.2 Å². The molecule has 85 heavy (non-hydrogen) atoms. The Morgan fingerprint density at radius 1 is 0.588 bits per heavy atom. The van der Waals surface area contributed by atoms with Gasteiger partial charge in [0.15, 0.2) is 0 Å². The number of pyridine rings is 1. The Hall–Kier alpha value is -7.33. The van der Waals surface area contributed by atoms with Crippen LogP contribution in [0.5, 0.6) is 11.5 Å². The summed E-state index contributed by atoms with van der Waals surface area (Å²) in [5, 5.41) is 1.62. The van der Waals surface area contributed by atoms with Gasteiger partial charge in [0, 0.05) is 75.9 Å². The van der Waals surface area contributed by atoms with Crippen LogP contribution in [-0.2, 0) is 53.6 Å². The third-order valence-electron chi connectivity index (χ3n) is 17.1. The number of aryl methyl sites for hydroxylation is 1. The quantitative estimate of drug-likeness (QED) is 0.112. The molecular weight excluding hydrogens is 1220 g/mol. The van der Waals surface area contributed by atoms with Gasteiger partial charge in [-0.15, -0.1) is 29.7 Å². The zero-order valence-corrected chi connectivity index (χ0v) is 51.6. The zero-order valence-electron chi connectivity index (χ0n) is 71.3. The van der Waals surface area contributed by atoms with Crippen molar-refractivity contribution in [1.29, 1.82) is 0 Å². The van der Waals surface area contributed by atoms with E-state index in [-0.39, 0.29) is 60.2 Å². The van der Waals surface area contributed by atoms with Gasteiger partial charge in [-0.25, -0.2) is 4.98 Å². The van der Waals surface area contributed by atoms with Crippen molar-refractivity contribution < 1.29 is 60.5 Å². The second-order valence-electron chi connectivity index (χ2n) is 26.1. The van der Waals surface area contributed by atoms with Gasteiger partial charge in [-0.1, -0.05) is 217 Å². The molecule has 0 N–H and O–H groups in total. The van der Waals surface area contributed by atoms with E-state index in [0.29, 0.717) is 44.7 Å². The fourth-order valence-corrected chi connectivity index (χ4v) is 12.2. The molecule has 8 aromatic carbocycles. The molecule has 3 aromatic heterocycles. The van der Waals surface area contributed by atoms with Crippen LogP contribution in [0.15, 0.2) is 164 Å². The Morgan fingerprint density at radius 3 is 1.96 bits per heavy atom. The Kier molecular flexibility index (Phi) is 9.07. The van der Waals surface area contributed by atoms with Crippen molar-refractivity contribution in [3.8, 4) is 62.1 Å². The number of imidazole rings is 1. The minimum Gasteiger partial charge on any atom is -0.510 e. The van der Waals surface area contributed by atoms with Crippen LogP contribution in [0.25, 0.3) is 83.4 Å². The molecule has 0 radical (unpaired) electrons. The molecule has 0 fully saturated rings. The average molecular weight is 1320 g/mol. The molecule has 2 aliphatic carbocycles. The van der Waals surface area contributed by atoms with E-state index in [1.807, 2.05) is 94.6 Å². The summed E-state index contributed by atoms with van der Waals surface area (Å²) in [6.07, 6.45) is -1.95. The van der Waals surface area contributed by atoms with E-state index in [0.717, 1.165) is 45.8 Å². The number of aromatic nitrogens is 4. The second-order valence-corrected chi connectivity index (χ2v) is 26.1. The van der Waals surface area contributed by atoms with E-state index >= 15 is 0 Å². The fraction of sp³-hybridized carbons (Fsp3) is 0.316. The Balaban J connectivity index is 0.0000107. The van der Waals surface area contributed by atoms with Crippen molar-refractivity contribution in [3.63, 3.8) is 0 Å². The first-order chi connectivity index (χ1) is 48.8. The number of para-hydroxylation sites is 4. The van der Waals surface area contributed by atoms with E-state index in [9.17, 15) is 9.60 Å². The molecule has 2 aliphatic rings. The number of hydrogen-bond acceptors (Lipinski definition) is 2. The summed E-state index contributed by atoms with van der Waals surface area (Å²) in [4.78, 5) is 5.02. The third kappa shape index (κ3) is 10.2. The van der Waals surface area contributed by atoms with Crippen molar-refractivity contribution in [2.24, 2.45) is 0 Å². The van der Waals surface area contributed by atoms with Gasteiger partial charge < -0.3 is 13.9 Å². The molecule has 0 saturated carbocycles. The van der Waals surface area contributed by atoms with Crippen LogP contribution in [0.2, 0.25) is 0 Å². The Labute approximate surface area is 550 Å². The van der Waals surface area contributed by atoms with E-state index in [1.165, 1.54) is 17.2 Å². The monoisotopic (exact) mass is 1320 g/mol. The summed E-state index contributed by atoms with van der Waals surface area (Å²) >= 11 is 0. The molecule has 0 amide bonds. The summed E-state index contributed by atoms with van der Waals surface area (Å²) in [7, 11) is 0. The van der Waals surface area contributed by atoms with E-state index in [4.69, 9.17) is 30.3 Å². The van der Waals surface area contributed by atoms with Gasteiger partial charge in [0.2, 0.25) is 0 Å². The van der Waals surface area contributed by atoms with Gasteiger partial charge in [0.05, 0.1) is 20.8 Å². The maximum atomic E-state index is 10.4. The standard InChI is InChI=1S/C79H80N4O.Pt/c1-50-40-72(80-48-63(50)52-31-35-65-67(44-52)79(14,15)39-37-77(65,10)11)83-68-27-17-16-24-61(68)62-33-32-58(47-71(62)83)84-57-23-20-22-56(46-57)81-49-82(70-29-19-18-28-69(70)81)73-59(51-30-34-64-66(43-51)78(12,13)38-36-76(64,8)9)25-21-26-60(73)53-41-54(74(2,3)4)45-55(42-53)75(5,6)7;/h16-35,40-45,48H,36-39H2,1-15H3;/q-2;/i1D3,8D3,9D3,12D3,13D3,30D,34D,36D2,38D2,43D;. The first kappa shape index (κ1) is 37.3. The molecule has 13 rings (SSSR count). The molecule has 11 aromatic rings. The summed E-state index contributed by atoms with van der Waals surface area (Å²) in [5.41, 5.74) is -4.89. The molecule has 0 bridgehead atoms. The van der Waals surface area contributed by atoms with Gasteiger partial charge in [-0.05, 0) is 155 Å². The first-order valence-electron chi connectivity index (χ1n) is 39.5. The Bertz CT molecular complexity index is 5360. The van der Waals surface area contributed by atoms with Crippen molar-refractivity contribution >= 4 is 32.8 Å². The number of benzene rings is 8. The van der Waals surface area contributed by atoms with E-state index < -0.39 is 103 Å². The van der Waals surface area contributed by atoms with Crippen molar-refractivity contribution in [2.75, 3.05) is 0 Å². The third-order valence-corrected chi connectivity index (χ3v) is 17.1. The van der Waals surface area contributed by atoms with Crippen LogP contribution in [0.3, 0.4) is 0 Å². The number of ether oxygens (including phenoxy) is 1. The molecule has 0 unspecified atom stereocenters. The average Bonchev–Trinajstić information content (AvgIpc) is 1.10. The van der Waals surface area contributed by atoms with Crippen LogP contribution < -0.4 is 9.30 Å². The number of hydrogen-bond donors (Lipinski definition) is 0. The molecule has 0 saturated heterocycles. The first-order valence-corrected chi connectivity index (χ1v) is 28.5. The van der Waals surface area contributed by atoms with Gasteiger partial charge in [0.25, 0.3) is 6.33 Å². The van der Waals surface area contributed by atoms with E-state index in [2.05, 4.69) is 64.4 Å². The molecule has 434 valence electrons. The number of fused-ring (bicyclic) bond motifs is 6. The zero-order chi connectivity index (χ0) is 77.7. The molecule has 0 aliphatic heterocycles. The van der Waals surface area contributed by atoms with Crippen molar-refractivity contribution in [1.82, 2.24) is 14.1 Å². The second kappa shape index (κ2) is 20.7. The summed E-state index contributed by atoms with van der Waals surface area (Å²) < 4.78 is 215.